The third-order valence-corrected chi connectivity index (χ3v) is 4.98. The summed E-state index contributed by atoms with van der Waals surface area (Å²) in [7, 11) is 0. The number of aliphatic carboxylic acids is 1. The zero-order valence-corrected chi connectivity index (χ0v) is 16.7. The average Bonchev–Trinajstić information content (AvgIpc) is 2.66. The number of ether oxygens (including phenoxy) is 1. The quantitative estimate of drug-likeness (QED) is 0.614. The van der Waals surface area contributed by atoms with Gasteiger partial charge in [0.1, 0.15) is 0 Å². The van der Waals surface area contributed by atoms with Gasteiger partial charge < -0.3 is 9.84 Å². The molecule has 144 valence electrons. The molecule has 1 aliphatic carbocycles. The molecule has 1 aliphatic rings. The SMILES string of the molecule is Cc1cccc(C)c1-c1cccc(OC=C2C=CC(CCC(=O)O)=C(Cl)C2)n1. The minimum absolute atomic E-state index is 0.0699. The van der Waals surface area contributed by atoms with Crippen molar-refractivity contribution in [3.63, 3.8) is 0 Å². The predicted molar refractivity (Wildman–Crippen MR) is 111 cm³/mol. The lowest BCUT2D eigenvalue weighted by atomic mass is 9.99. The molecule has 0 amide bonds. The highest BCUT2D eigenvalue weighted by Gasteiger charge is 2.12. The second-order valence-electron chi connectivity index (χ2n) is 6.77. The van der Waals surface area contributed by atoms with E-state index in [9.17, 15) is 4.79 Å². The number of aromatic nitrogens is 1. The van der Waals surface area contributed by atoms with Crippen LogP contribution in [0.2, 0.25) is 0 Å². The number of carbonyl (C=O) groups is 1. The second kappa shape index (κ2) is 8.89. The molecule has 5 heteroatoms. The monoisotopic (exact) mass is 395 g/mol. The molecule has 0 spiro atoms. The topological polar surface area (TPSA) is 59.4 Å². The summed E-state index contributed by atoms with van der Waals surface area (Å²) in [5, 5.41) is 9.45. The molecule has 2 aromatic rings. The number of aryl methyl sites for hydroxylation is 2. The van der Waals surface area contributed by atoms with Crippen molar-refractivity contribution in [2.24, 2.45) is 0 Å². The third kappa shape index (κ3) is 4.90. The van der Waals surface area contributed by atoms with E-state index in [-0.39, 0.29) is 6.42 Å². The first kappa shape index (κ1) is 19.9. The molecule has 3 rings (SSSR count). The summed E-state index contributed by atoms with van der Waals surface area (Å²) in [6.45, 7) is 4.14. The number of carboxylic acids is 1. The first-order valence-electron chi connectivity index (χ1n) is 9.11. The fraction of sp³-hybridized carbons (Fsp3) is 0.217. The van der Waals surface area contributed by atoms with Gasteiger partial charge in [0, 0.05) is 29.5 Å². The van der Waals surface area contributed by atoms with Crippen molar-refractivity contribution in [2.45, 2.75) is 33.1 Å². The summed E-state index contributed by atoms with van der Waals surface area (Å²) in [5.74, 6) is -0.317. The van der Waals surface area contributed by atoms with Crippen LogP contribution < -0.4 is 4.74 Å². The molecule has 1 heterocycles. The van der Waals surface area contributed by atoms with Crippen LogP contribution in [-0.4, -0.2) is 16.1 Å². The summed E-state index contributed by atoms with van der Waals surface area (Å²) in [4.78, 5) is 15.3. The van der Waals surface area contributed by atoms with Crippen LogP contribution in [0.25, 0.3) is 11.3 Å². The lowest BCUT2D eigenvalue weighted by molar-refractivity contribution is -0.136. The standard InChI is InChI=1S/C23H22ClNO3/c1-15-5-3-6-16(2)23(15)20-7-4-8-21(25-20)28-14-17-9-10-18(19(24)13-17)11-12-22(26)27/h3-10,14H,11-13H2,1-2H3,(H,26,27). The number of halogens is 1. The highest BCUT2D eigenvalue weighted by Crippen LogP contribution is 2.30. The molecular formula is C23H22ClNO3. The van der Waals surface area contributed by atoms with E-state index in [0.717, 1.165) is 22.4 Å². The molecule has 0 radical (unpaired) electrons. The van der Waals surface area contributed by atoms with Crippen molar-refractivity contribution in [1.29, 1.82) is 0 Å². The van der Waals surface area contributed by atoms with Crippen LogP contribution in [0.15, 0.2) is 71.0 Å². The fourth-order valence-corrected chi connectivity index (χ4v) is 3.48. The van der Waals surface area contributed by atoms with Crippen molar-refractivity contribution >= 4 is 17.6 Å². The maximum Gasteiger partial charge on any atom is 0.303 e. The molecule has 0 fully saturated rings. The normalized spacial score (nSPS) is 15.2. The molecule has 28 heavy (non-hydrogen) atoms. The van der Waals surface area contributed by atoms with Gasteiger partial charge in [-0.2, -0.15) is 0 Å². The van der Waals surface area contributed by atoms with E-state index in [0.29, 0.717) is 23.8 Å². The maximum absolute atomic E-state index is 10.7. The Bertz CT molecular complexity index is 969. The molecular weight excluding hydrogens is 374 g/mol. The first-order chi connectivity index (χ1) is 13.4. The molecule has 1 aromatic heterocycles. The van der Waals surface area contributed by atoms with Crippen LogP contribution in [0.4, 0.5) is 0 Å². The maximum atomic E-state index is 10.7. The summed E-state index contributed by atoms with van der Waals surface area (Å²) in [6, 6.07) is 11.9. The Hall–Kier alpha value is -2.85. The molecule has 0 saturated heterocycles. The number of allylic oxidation sites excluding steroid dienone is 5. The van der Waals surface area contributed by atoms with Gasteiger partial charge in [-0.3, -0.25) is 4.79 Å². The number of rotatable bonds is 6. The van der Waals surface area contributed by atoms with E-state index in [2.05, 4.69) is 31.0 Å². The summed E-state index contributed by atoms with van der Waals surface area (Å²) in [6.07, 6.45) is 6.41. The molecule has 0 atom stereocenters. The van der Waals surface area contributed by atoms with E-state index < -0.39 is 5.97 Å². The Morgan fingerprint density at radius 1 is 1.18 bits per heavy atom. The number of hydrogen-bond donors (Lipinski definition) is 1. The number of carboxylic acid groups (broad SMARTS) is 1. The Labute approximate surface area is 169 Å². The lowest BCUT2D eigenvalue weighted by Gasteiger charge is -2.13. The third-order valence-electron chi connectivity index (χ3n) is 4.61. The van der Waals surface area contributed by atoms with Crippen LogP contribution in [0, 0.1) is 13.8 Å². The molecule has 4 nitrogen and oxygen atoms in total. The molecule has 0 saturated carbocycles. The molecule has 1 N–H and O–H groups in total. The van der Waals surface area contributed by atoms with Crippen molar-refractivity contribution < 1.29 is 14.6 Å². The Morgan fingerprint density at radius 2 is 1.89 bits per heavy atom. The van der Waals surface area contributed by atoms with E-state index in [1.165, 1.54) is 11.1 Å². The number of hydrogen-bond acceptors (Lipinski definition) is 3. The summed E-state index contributed by atoms with van der Waals surface area (Å²) < 4.78 is 5.77. The van der Waals surface area contributed by atoms with Crippen molar-refractivity contribution in [2.75, 3.05) is 0 Å². The lowest BCUT2D eigenvalue weighted by Crippen LogP contribution is -1.99. The Kier molecular flexibility index (Phi) is 6.32. The van der Waals surface area contributed by atoms with Crippen molar-refractivity contribution in [3.05, 3.63) is 82.1 Å². The Morgan fingerprint density at radius 3 is 2.57 bits per heavy atom. The minimum atomic E-state index is -0.829. The predicted octanol–water partition coefficient (Wildman–Crippen LogP) is 5.95. The van der Waals surface area contributed by atoms with E-state index in [1.807, 2.05) is 36.4 Å². The van der Waals surface area contributed by atoms with E-state index in [4.69, 9.17) is 21.4 Å². The average molecular weight is 396 g/mol. The first-order valence-corrected chi connectivity index (χ1v) is 9.48. The van der Waals surface area contributed by atoms with E-state index >= 15 is 0 Å². The zero-order valence-electron chi connectivity index (χ0n) is 15.9. The van der Waals surface area contributed by atoms with Gasteiger partial charge >= 0.3 is 5.97 Å². The summed E-state index contributed by atoms with van der Waals surface area (Å²) >= 11 is 6.31. The number of benzene rings is 1. The highest BCUT2D eigenvalue weighted by atomic mass is 35.5. The van der Waals surface area contributed by atoms with Crippen LogP contribution >= 0.6 is 11.6 Å². The van der Waals surface area contributed by atoms with Gasteiger partial charge in [-0.25, -0.2) is 4.98 Å². The van der Waals surface area contributed by atoms with Gasteiger partial charge in [0.25, 0.3) is 0 Å². The molecule has 0 unspecified atom stereocenters. The smallest absolute Gasteiger partial charge is 0.303 e. The largest absolute Gasteiger partial charge is 0.481 e. The van der Waals surface area contributed by atoms with Crippen molar-refractivity contribution in [1.82, 2.24) is 4.98 Å². The van der Waals surface area contributed by atoms with Gasteiger partial charge in [-0.05, 0) is 48.6 Å². The van der Waals surface area contributed by atoms with Crippen LogP contribution in [-0.2, 0) is 4.79 Å². The highest BCUT2D eigenvalue weighted by molar-refractivity contribution is 6.30. The van der Waals surface area contributed by atoms with Gasteiger partial charge in [0.15, 0.2) is 0 Å². The van der Waals surface area contributed by atoms with Gasteiger partial charge in [0.05, 0.1) is 12.0 Å². The van der Waals surface area contributed by atoms with Gasteiger partial charge in [-0.1, -0.05) is 48.0 Å². The van der Waals surface area contributed by atoms with Crippen molar-refractivity contribution in [3.8, 4) is 17.1 Å². The minimum Gasteiger partial charge on any atom is -0.481 e. The van der Waals surface area contributed by atoms with E-state index in [1.54, 1.807) is 6.26 Å². The fourth-order valence-electron chi connectivity index (χ4n) is 3.17. The van der Waals surface area contributed by atoms with Gasteiger partial charge in [0.2, 0.25) is 5.88 Å². The number of nitrogens with zero attached hydrogens (tertiary/aromatic N) is 1. The second-order valence-corrected chi connectivity index (χ2v) is 7.23. The summed E-state index contributed by atoms with van der Waals surface area (Å²) in [5.41, 5.74) is 6.10. The van der Waals surface area contributed by atoms with Crippen LogP contribution in [0.5, 0.6) is 5.88 Å². The Balaban J connectivity index is 1.72. The molecule has 0 aliphatic heterocycles. The molecule has 0 bridgehead atoms. The molecule has 1 aromatic carbocycles. The number of pyridine rings is 1. The van der Waals surface area contributed by atoms with Crippen LogP contribution in [0.3, 0.4) is 0 Å². The van der Waals surface area contributed by atoms with Gasteiger partial charge in [-0.15, -0.1) is 0 Å². The zero-order chi connectivity index (χ0) is 20.1. The van der Waals surface area contributed by atoms with Crippen LogP contribution in [0.1, 0.15) is 30.4 Å².